The highest BCUT2D eigenvalue weighted by molar-refractivity contribution is 5.96. The molecule has 0 fully saturated rings. The fraction of sp³-hybridized carbons (Fsp3) is 0.278. The number of carbonyl (C=O) groups is 1. The first-order valence-corrected chi connectivity index (χ1v) is 7.52. The Kier molecular flexibility index (Phi) is 4.46. The Morgan fingerprint density at radius 3 is 2.50 bits per heavy atom. The number of hydrogen-bond acceptors (Lipinski definition) is 5. The lowest BCUT2D eigenvalue weighted by molar-refractivity contribution is -0.127. The van der Waals surface area contributed by atoms with Crippen molar-refractivity contribution < 1.29 is 23.7 Å². The molecule has 1 heterocycles. The van der Waals surface area contributed by atoms with Crippen molar-refractivity contribution >= 4 is 11.6 Å². The first-order valence-electron chi connectivity index (χ1n) is 7.52. The maximum atomic E-state index is 12.7. The third kappa shape index (κ3) is 2.95. The first-order chi connectivity index (χ1) is 11.6. The number of carbonyl (C=O) groups excluding carboxylic acids is 1. The van der Waals surface area contributed by atoms with E-state index in [1.54, 1.807) is 45.5 Å². The molecule has 0 spiro atoms. The number of methoxy groups -OCH3 is 2. The minimum absolute atomic E-state index is 0.174. The molecule has 126 valence electrons. The molecule has 6 heteroatoms. The van der Waals surface area contributed by atoms with Crippen LogP contribution in [0.3, 0.4) is 0 Å². The Balaban J connectivity index is 1.78. The maximum Gasteiger partial charge on any atom is 0.271 e. The highest BCUT2D eigenvalue weighted by atomic mass is 16.6. The number of anilines is 1. The van der Waals surface area contributed by atoms with Crippen molar-refractivity contribution in [3.05, 3.63) is 42.5 Å². The standard InChI is InChI=1S/C18H19NO5/c1-19(12-8-9-13(21-2)16(10-12)22-3)18(20)17-11-23-14-6-4-5-7-15(14)24-17/h4-10,17H,11H2,1-3H3. The average molecular weight is 329 g/mol. The van der Waals surface area contributed by atoms with Gasteiger partial charge in [0, 0.05) is 18.8 Å². The molecule has 1 amide bonds. The van der Waals surface area contributed by atoms with Gasteiger partial charge in [-0.15, -0.1) is 0 Å². The van der Waals surface area contributed by atoms with Crippen molar-refractivity contribution in [2.45, 2.75) is 6.10 Å². The van der Waals surface area contributed by atoms with Crippen LogP contribution in [-0.4, -0.2) is 39.9 Å². The van der Waals surface area contributed by atoms with Gasteiger partial charge in [0.05, 0.1) is 14.2 Å². The molecule has 2 aromatic rings. The third-order valence-corrected chi connectivity index (χ3v) is 3.87. The minimum Gasteiger partial charge on any atom is -0.493 e. The van der Waals surface area contributed by atoms with Crippen LogP contribution in [0.25, 0.3) is 0 Å². The van der Waals surface area contributed by atoms with Gasteiger partial charge in [0.25, 0.3) is 5.91 Å². The number of amides is 1. The topological polar surface area (TPSA) is 57.2 Å². The Labute approximate surface area is 140 Å². The van der Waals surface area contributed by atoms with Crippen LogP contribution < -0.4 is 23.8 Å². The fourth-order valence-electron chi connectivity index (χ4n) is 2.52. The summed E-state index contributed by atoms with van der Waals surface area (Å²) >= 11 is 0. The van der Waals surface area contributed by atoms with E-state index in [4.69, 9.17) is 18.9 Å². The van der Waals surface area contributed by atoms with Gasteiger partial charge in [-0.25, -0.2) is 0 Å². The molecule has 0 aliphatic carbocycles. The molecular weight excluding hydrogens is 310 g/mol. The van der Waals surface area contributed by atoms with Gasteiger partial charge in [0.1, 0.15) is 6.61 Å². The van der Waals surface area contributed by atoms with Crippen molar-refractivity contribution in [2.75, 3.05) is 32.8 Å². The molecular formula is C18H19NO5. The van der Waals surface area contributed by atoms with E-state index >= 15 is 0 Å². The molecule has 0 radical (unpaired) electrons. The van der Waals surface area contributed by atoms with Crippen molar-refractivity contribution in [1.29, 1.82) is 0 Å². The van der Waals surface area contributed by atoms with Crippen molar-refractivity contribution in [1.82, 2.24) is 0 Å². The van der Waals surface area contributed by atoms with Gasteiger partial charge < -0.3 is 23.8 Å². The number of hydrogen-bond donors (Lipinski definition) is 0. The lowest BCUT2D eigenvalue weighted by Gasteiger charge is -2.29. The van der Waals surface area contributed by atoms with Gasteiger partial charge in [0.15, 0.2) is 23.0 Å². The first kappa shape index (κ1) is 16.0. The molecule has 1 aliphatic heterocycles. The highest BCUT2D eigenvalue weighted by Gasteiger charge is 2.30. The van der Waals surface area contributed by atoms with Crippen LogP contribution in [0.2, 0.25) is 0 Å². The van der Waals surface area contributed by atoms with Crippen molar-refractivity contribution in [2.24, 2.45) is 0 Å². The summed E-state index contributed by atoms with van der Waals surface area (Å²) in [6.45, 7) is 0.174. The van der Waals surface area contributed by atoms with E-state index in [0.717, 1.165) is 0 Å². The van der Waals surface area contributed by atoms with Crippen LogP contribution in [0.15, 0.2) is 42.5 Å². The minimum atomic E-state index is -0.696. The largest absolute Gasteiger partial charge is 0.493 e. The van der Waals surface area contributed by atoms with E-state index < -0.39 is 6.10 Å². The summed E-state index contributed by atoms with van der Waals surface area (Å²) in [5, 5.41) is 0. The Hall–Kier alpha value is -2.89. The van der Waals surface area contributed by atoms with E-state index in [-0.39, 0.29) is 12.5 Å². The number of likely N-dealkylation sites (N-methyl/N-ethyl adjacent to an activating group) is 1. The second-order valence-electron chi connectivity index (χ2n) is 5.30. The molecule has 0 saturated carbocycles. The Morgan fingerprint density at radius 1 is 1.08 bits per heavy atom. The van der Waals surface area contributed by atoms with Gasteiger partial charge >= 0.3 is 0 Å². The summed E-state index contributed by atoms with van der Waals surface area (Å²) in [5.74, 6) is 2.18. The fourth-order valence-corrected chi connectivity index (χ4v) is 2.52. The van der Waals surface area contributed by atoms with Crippen LogP contribution in [0.1, 0.15) is 0 Å². The van der Waals surface area contributed by atoms with Gasteiger partial charge in [-0.05, 0) is 24.3 Å². The van der Waals surface area contributed by atoms with Gasteiger partial charge in [-0.2, -0.15) is 0 Å². The molecule has 2 aromatic carbocycles. The lowest BCUT2D eigenvalue weighted by atomic mass is 10.2. The SMILES string of the molecule is COc1ccc(N(C)C(=O)C2COc3ccccc3O2)cc1OC. The van der Waals surface area contributed by atoms with Crippen LogP contribution >= 0.6 is 0 Å². The van der Waals surface area contributed by atoms with E-state index in [0.29, 0.717) is 28.7 Å². The zero-order valence-electron chi connectivity index (χ0n) is 13.8. The monoisotopic (exact) mass is 329 g/mol. The molecule has 0 aromatic heterocycles. The second-order valence-corrected chi connectivity index (χ2v) is 5.30. The predicted octanol–water partition coefficient (Wildman–Crippen LogP) is 2.51. The van der Waals surface area contributed by atoms with E-state index in [2.05, 4.69) is 0 Å². The molecule has 1 aliphatic rings. The number of benzene rings is 2. The summed E-state index contributed by atoms with van der Waals surface area (Å²) in [4.78, 5) is 14.2. The van der Waals surface area contributed by atoms with E-state index in [9.17, 15) is 4.79 Å². The number of fused-ring (bicyclic) bond motifs is 1. The van der Waals surface area contributed by atoms with Crippen LogP contribution in [-0.2, 0) is 4.79 Å². The number of nitrogens with zero attached hydrogens (tertiary/aromatic N) is 1. The predicted molar refractivity (Wildman–Crippen MR) is 89.3 cm³/mol. The quantitative estimate of drug-likeness (QED) is 0.863. The molecule has 0 N–H and O–H groups in total. The average Bonchev–Trinajstić information content (AvgIpc) is 2.65. The molecule has 0 saturated heterocycles. The lowest BCUT2D eigenvalue weighted by Crippen LogP contribution is -2.45. The van der Waals surface area contributed by atoms with Crippen molar-refractivity contribution in [3.63, 3.8) is 0 Å². The second kappa shape index (κ2) is 6.70. The molecule has 3 rings (SSSR count). The van der Waals surface area contributed by atoms with Gasteiger partial charge in [-0.1, -0.05) is 12.1 Å². The van der Waals surface area contributed by atoms with Gasteiger partial charge in [0.2, 0.25) is 6.10 Å². The zero-order chi connectivity index (χ0) is 17.1. The summed E-state index contributed by atoms with van der Waals surface area (Å²) in [6, 6.07) is 12.6. The molecule has 1 unspecified atom stereocenters. The third-order valence-electron chi connectivity index (χ3n) is 3.87. The zero-order valence-corrected chi connectivity index (χ0v) is 13.8. The van der Waals surface area contributed by atoms with Crippen LogP contribution in [0, 0.1) is 0 Å². The van der Waals surface area contributed by atoms with Crippen LogP contribution in [0.4, 0.5) is 5.69 Å². The van der Waals surface area contributed by atoms with Gasteiger partial charge in [-0.3, -0.25) is 4.79 Å². The summed E-state index contributed by atoms with van der Waals surface area (Å²) < 4.78 is 21.9. The summed E-state index contributed by atoms with van der Waals surface area (Å²) in [7, 11) is 4.81. The molecule has 0 bridgehead atoms. The van der Waals surface area contributed by atoms with E-state index in [1.807, 2.05) is 18.2 Å². The molecule has 1 atom stereocenters. The number of rotatable bonds is 4. The Bertz CT molecular complexity index is 746. The van der Waals surface area contributed by atoms with E-state index in [1.165, 1.54) is 4.90 Å². The normalized spacial score (nSPS) is 15.5. The van der Waals surface area contributed by atoms with Crippen molar-refractivity contribution in [3.8, 4) is 23.0 Å². The maximum absolute atomic E-state index is 12.7. The number of ether oxygens (including phenoxy) is 4. The van der Waals surface area contributed by atoms with Crippen LogP contribution in [0.5, 0.6) is 23.0 Å². The smallest absolute Gasteiger partial charge is 0.271 e. The molecule has 24 heavy (non-hydrogen) atoms. The summed E-state index contributed by atoms with van der Waals surface area (Å²) in [6.07, 6.45) is -0.696. The summed E-state index contributed by atoms with van der Waals surface area (Å²) in [5.41, 5.74) is 0.681. The Morgan fingerprint density at radius 2 is 1.79 bits per heavy atom. The highest BCUT2D eigenvalue weighted by Crippen LogP contribution is 2.33. The number of para-hydroxylation sites is 2. The molecule has 6 nitrogen and oxygen atoms in total.